The van der Waals surface area contributed by atoms with Gasteiger partial charge in [-0.3, -0.25) is 9.20 Å². The van der Waals surface area contributed by atoms with Crippen LogP contribution in [0.5, 0.6) is 0 Å². The van der Waals surface area contributed by atoms with Crippen molar-refractivity contribution in [2.45, 2.75) is 6.42 Å². The Morgan fingerprint density at radius 2 is 2.18 bits per heavy atom. The lowest BCUT2D eigenvalue weighted by molar-refractivity contribution is 0.0943. The van der Waals surface area contributed by atoms with Crippen molar-refractivity contribution in [1.82, 2.24) is 19.7 Å². The fourth-order valence-electron chi connectivity index (χ4n) is 2.31. The number of fused-ring (bicyclic) bond motifs is 3. The number of methoxy groups -OCH3 is 1. The standard InChI is InChI=1S/C15H17N5O2/c1-22-8-4-7-17-15(21)11-9-20-12-6-3-2-5-10(12)19-14(20)13(16)18-11/h2-3,5-6,9H,4,7-8H2,1H3,(H2,16,18)(H,17,21). The van der Waals surface area contributed by atoms with E-state index in [0.717, 1.165) is 17.5 Å². The molecule has 2 heterocycles. The minimum atomic E-state index is -0.262. The van der Waals surface area contributed by atoms with Crippen LogP contribution in [-0.4, -0.2) is 40.5 Å². The molecule has 0 aliphatic heterocycles. The van der Waals surface area contributed by atoms with Crippen LogP contribution in [0.3, 0.4) is 0 Å². The molecule has 0 bridgehead atoms. The maximum atomic E-state index is 12.2. The lowest BCUT2D eigenvalue weighted by Crippen LogP contribution is -2.26. The zero-order valence-corrected chi connectivity index (χ0v) is 12.2. The second-order valence-electron chi connectivity index (χ2n) is 4.91. The van der Waals surface area contributed by atoms with Gasteiger partial charge in [0.1, 0.15) is 5.69 Å². The maximum absolute atomic E-state index is 12.2. The number of amides is 1. The van der Waals surface area contributed by atoms with Gasteiger partial charge in [0, 0.05) is 26.5 Å². The predicted molar refractivity (Wildman–Crippen MR) is 83.7 cm³/mol. The van der Waals surface area contributed by atoms with Crippen molar-refractivity contribution in [3.8, 4) is 0 Å². The molecule has 2 aromatic heterocycles. The van der Waals surface area contributed by atoms with Crippen LogP contribution < -0.4 is 11.1 Å². The summed E-state index contributed by atoms with van der Waals surface area (Å²) in [6, 6.07) is 7.64. The Kier molecular flexibility index (Phi) is 3.88. The molecule has 0 radical (unpaired) electrons. The van der Waals surface area contributed by atoms with Crippen molar-refractivity contribution in [1.29, 1.82) is 0 Å². The number of anilines is 1. The number of carbonyl (C=O) groups excluding carboxylic acids is 1. The van der Waals surface area contributed by atoms with E-state index in [2.05, 4.69) is 15.3 Å². The SMILES string of the molecule is COCCCNC(=O)c1cn2c(nc3ccccc32)c(N)n1. The highest BCUT2D eigenvalue weighted by Crippen LogP contribution is 2.19. The van der Waals surface area contributed by atoms with Crippen LogP contribution in [0.4, 0.5) is 5.82 Å². The number of hydrogen-bond donors (Lipinski definition) is 2. The number of imidazole rings is 1. The average Bonchev–Trinajstić information content (AvgIpc) is 2.91. The van der Waals surface area contributed by atoms with Crippen molar-refractivity contribution in [3.63, 3.8) is 0 Å². The normalized spacial score (nSPS) is 11.1. The van der Waals surface area contributed by atoms with Gasteiger partial charge in [0.15, 0.2) is 11.5 Å². The number of aromatic nitrogens is 3. The van der Waals surface area contributed by atoms with Crippen LogP contribution in [0.2, 0.25) is 0 Å². The van der Waals surface area contributed by atoms with Crippen molar-refractivity contribution in [2.75, 3.05) is 26.0 Å². The van der Waals surface area contributed by atoms with E-state index in [4.69, 9.17) is 10.5 Å². The van der Waals surface area contributed by atoms with Gasteiger partial charge in [0.25, 0.3) is 5.91 Å². The number of ether oxygens (including phenoxy) is 1. The average molecular weight is 299 g/mol. The zero-order chi connectivity index (χ0) is 15.5. The molecule has 0 atom stereocenters. The summed E-state index contributed by atoms with van der Waals surface area (Å²) in [4.78, 5) is 20.7. The Morgan fingerprint density at radius 1 is 1.36 bits per heavy atom. The third-order valence-electron chi connectivity index (χ3n) is 3.36. The van der Waals surface area contributed by atoms with Gasteiger partial charge in [-0.2, -0.15) is 0 Å². The van der Waals surface area contributed by atoms with Gasteiger partial charge in [-0.15, -0.1) is 0 Å². The molecule has 3 aromatic rings. The van der Waals surface area contributed by atoms with Crippen LogP contribution in [-0.2, 0) is 4.74 Å². The van der Waals surface area contributed by atoms with Gasteiger partial charge >= 0.3 is 0 Å². The number of nitrogens with zero attached hydrogens (tertiary/aromatic N) is 3. The van der Waals surface area contributed by atoms with Gasteiger partial charge in [-0.05, 0) is 18.6 Å². The summed E-state index contributed by atoms with van der Waals surface area (Å²) >= 11 is 0. The van der Waals surface area contributed by atoms with E-state index in [1.165, 1.54) is 0 Å². The van der Waals surface area contributed by atoms with Crippen molar-refractivity contribution in [3.05, 3.63) is 36.2 Å². The Morgan fingerprint density at radius 3 is 3.00 bits per heavy atom. The Bertz CT molecular complexity index is 827. The molecule has 1 aromatic carbocycles. The number of carbonyl (C=O) groups is 1. The molecule has 3 N–H and O–H groups in total. The van der Waals surface area contributed by atoms with E-state index >= 15 is 0 Å². The molecular weight excluding hydrogens is 282 g/mol. The topological polar surface area (TPSA) is 94.5 Å². The van der Waals surface area contributed by atoms with E-state index < -0.39 is 0 Å². The molecule has 0 aliphatic rings. The second kappa shape index (κ2) is 5.98. The molecule has 22 heavy (non-hydrogen) atoms. The Hall–Kier alpha value is -2.67. The minimum Gasteiger partial charge on any atom is -0.385 e. The maximum Gasteiger partial charge on any atom is 0.271 e. The number of nitrogens with two attached hydrogens (primary N) is 1. The molecule has 0 spiro atoms. The van der Waals surface area contributed by atoms with Gasteiger partial charge < -0.3 is 15.8 Å². The monoisotopic (exact) mass is 299 g/mol. The van der Waals surface area contributed by atoms with E-state index in [1.807, 2.05) is 24.3 Å². The molecule has 0 saturated carbocycles. The summed E-state index contributed by atoms with van der Waals surface area (Å²) in [6.45, 7) is 1.12. The summed E-state index contributed by atoms with van der Waals surface area (Å²) in [5, 5.41) is 2.80. The number of hydrogen-bond acceptors (Lipinski definition) is 5. The molecule has 0 aliphatic carbocycles. The minimum absolute atomic E-state index is 0.237. The first-order chi connectivity index (χ1) is 10.7. The van der Waals surface area contributed by atoms with E-state index in [9.17, 15) is 4.79 Å². The lowest BCUT2D eigenvalue weighted by Gasteiger charge is -2.06. The highest BCUT2D eigenvalue weighted by Gasteiger charge is 2.13. The molecule has 0 fully saturated rings. The smallest absolute Gasteiger partial charge is 0.271 e. The summed E-state index contributed by atoms with van der Waals surface area (Å²) in [5.74, 6) is -0.0248. The Labute approximate surface area is 127 Å². The fourth-order valence-corrected chi connectivity index (χ4v) is 2.31. The molecule has 3 rings (SSSR count). The van der Waals surface area contributed by atoms with Gasteiger partial charge in [-0.1, -0.05) is 12.1 Å². The summed E-state index contributed by atoms with van der Waals surface area (Å²) in [6.07, 6.45) is 2.40. The van der Waals surface area contributed by atoms with Gasteiger partial charge in [0.2, 0.25) is 0 Å². The highest BCUT2D eigenvalue weighted by atomic mass is 16.5. The first-order valence-corrected chi connectivity index (χ1v) is 7.01. The molecule has 114 valence electrons. The molecule has 7 heteroatoms. The van der Waals surface area contributed by atoms with Gasteiger partial charge in [-0.25, -0.2) is 9.97 Å². The first-order valence-electron chi connectivity index (χ1n) is 7.01. The highest BCUT2D eigenvalue weighted by molar-refractivity contribution is 5.94. The van der Waals surface area contributed by atoms with E-state index in [0.29, 0.717) is 18.8 Å². The first kappa shape index (κ1) is 14.3. The molecular formula is C15H17N5O2. The van der Waals surface area contributed by atoms with Crippen LogP contribution in [0.25, 0.3) is 16.7 Å². The zero-order valence-electron chi connectivity index (χ0n) is 12.2. The van der Waals surface area contributed by atoms with Crippen molar-refractivity contribution < 1.29 is 9.53 Å². The number of rotatable bonds is 5. The number of nitrogens with one attached hydrogen (secondary N) is 1. The second-order valence-corrected chi connectivity index (χ2v) is 4.91. The van der Waals surface area contributed by atoms with E-state index in [-0.39, 0.29) is 17.4 Å². The van der Waals surface area contributed by atoms with E-state index in [1.54, 1.807) is 17.7 Å². The molecule has 1 amide bonds. The largest absolute Gasteiger partial charge is 0.385 e. The number of para-hydroxylation sites is 2. The molecule has 0 saturated heterocycles. The van der Waals surface area contributed by atoms with Crippen molar-refractivity contribution in [2.24, 2.45) is 0 Å². The fraction of sp³-hybridized carbons (Fsp3) is 0.267. The third-order valence-corrected chi connectivity index (χ3v) is 3.36. The molecule has 7 nitrogen and oxygen atoms in total. The Balaban J connectivity index is 1.94. The van der Waals surface area contributed by atoms with Crippen LogP contribution >= 0.6 is 0 Å². The summed E-state index contributed by atoms with van der Waals surface area (Å²) < 4.78 is 6.74. The predicted octanol–water partition coefficient (Wildman–Crippen LogP) is 1.23. The van der Waals surface area contributed by atoms with Gasteiger partial charge in [0.05, 0.1) is 11.0 Å². The third kappa shape index (κ3) is 2.58. The van der Waals surface area contributed by atoms with Crippen LogP contribution in [0.1, 0.15) is 16.9 Å². The van der Waals surface area contributed by atoms with Crippen LogP contribution in [0.15, 0.2) is 30.5 Å². The lowest BCUT2D eigenvalue weighted by atomic mass is 10.3. The van der Waals surface area contributed by atoms with Crippen molar-refractivity contribution >= 4 is 28.4 Å². The quantitative estimate of drug-likeness (QED) is 0.691. The van der Waals surface area contributed by atoms with Crippen LogP contribution in [0, 0.1) is 0 Å². The summed E-state index contributed by atoms with van der Waals surface area (Å²) in [5.41, 5.74) is 8.47. The molecule has 0 unspecified atom stereocenters. The summed E-state index contributed by atoms with van der Waals surface area (Å²) in [7, 11) is 1.63. The number of benzene rings is 1. The number of nitrogen functional groups attached to an aromatic ring is 1.